The average molecular weight is 273 g/mol. The minimum absolute atomic E-state index is 0.104. The van der Waals surface area contributed by atoms with Crippen molar-refractivity contribution >= 4 is 16.9 Å². The summed E-state index contributed by atoms with van der Waals surface area (Å²) >= 11 is 0. The second-order valence-corrected chi connectivity index (χ2v) is 5.59. The van der Waals surface area contributed by atoms with E-state index in [1.54, 1.807) is 6.20 Å². The Balaban J connectivity index is 1.86. The van der Waals surface area contributed by atoms with Crippen LogP contribution in [0.4, 0.5) is 0 Å². The molecule has 0 aliphatic heterocycles. The first-order valence-corrected chi connectivity index (χ1v) is 6.97. The van der Waals surface area contributed by atoms with E-state index >= 15 is 0 Å². The highest BCUT2D eigenvalue weighted by Gasteiger charge is 2.34. The number of carbonyl (C=O) groups is 1. The Hall–Kier alpha value is -1.95. The number of aromatic nitrogens is 3. The Kier molecular flexibility index (Phi) is 3.17. The number of hydrogen-bond acceptors (Lipinski definition) is 4. The van der Waals surface area contributed by atoms with Gasteiger partial charge in [0.1, 0.15) is 0 Å². The van der Waals surface area contributed by atoms with Gasteiger partial charge in [0.2, 0.25) is 0 Å². The Labute approximate surface area is 117 Å². The number of nitrogens with one attached hydrogen (secondary N) is 2. The highest BCUT2D eigenvalue weighted by Crippen LogP contribution is 2.29. The van der Waals surface area contributed by atoms with E-state index in [1.165, 1.54) is 0 Å². The average Bonchev–Trinajstić information content (AvgIpc) is 3.07. The number of hydrogen-bond donors (Lipinski definition) is 3. The lowest BCUT2D eigenvalue weighted by atomic mass is 9.97. The molecule has 0 aromatic carbocycles. The van der Waals surface area contributed by atoms with Crippen LogP contribution in [0.1, 0.15) is 41.7 Å². The molecule has 0 saturated heterocycles. The maximum absolute atomic E-state index is 12.4. The third kappa shape index (κ3) is 2.16. The number of carbonyl (C=O) groups excluding carboxylic acids is 1. The van der Waals surface area contributed by atoms with Crippen LogP contribution in [0, 0.1) is 6.92 Å². The predicted molar refractivity (Wildman–Crippen MR) is 76.3 cm³/mol. The lowest BCUT2D eigenvalue weighted by molar-refractivity contribution is 0.0903. The second kappa shape index (κ2) is 4.86. The van der Waals surface area contributed by atoms with Gasteiger partial charge in [-0.05, 0) is 25.8 Å². The summed E-state index contributed by atoms with van der Waals surface area (Å²) in [6.07, 6.45) is 5.72. The van der Waals surface area contributed by atoms with Gasteiger partial charge in [-0.15, -0.1) is 0 Å². The molecule has 6 heteroatoms. The topological polar surface area (TPSA) is 96.7 Å². The molecule has 0 radical (unpaired) electrons. The fraction of sp³-hybridized carbons (Fsp3) is 0.500. The quantitative estimate of drug-likeness (QED) is 0.784. The van der Waals surface area contributed by atoms with E-state index in [0.29, 0.717) is 17.8 Å². The van der Waals surface area contributed by atoms with E-state index in [-0.39, 0.29) is 11.4 Å². The van der Waals surface area contributed by atoms with Crippen LogP contribution in [0.3, 0.4) is 0 Å². The molecule has 0 atom stereocenters. The molecule has 0 spiro atoms. The van der Waals surface area contributed by atoms with Gasteiger partial charge in [0.25, 0.3) is 5.91 Å². The molecule has 1 aliphatic carbocycles. The molecule has 1 amide bonds. The summed E-state index contributed by atoms with van der Waals surface area (Å²) in [6.45, 7) is 2.40. The fourth-order valence-electron chi connectivity index (χ4n) is 2.89. The fourth-order valence-corrected chi connectivity index (χ4v) is 2.89. The molecular weight excluding hydrogens is 254 g/mol. The van der Waals surface area contributed by atoms with Gasteiger partial charge in [0.15, 0.2) is 5.65 Å². The van der Waals surface area contributed by atoms with Crippen LogP contribution in [0.15, 0.2) is 12.3 Å². The largest absolute Gasteiger partial charge is 0.345 e. The second-order valence-electron chi connectivity index (χ2n) is 5.59. The van der Waals surface area contributed by atoms with Gasteiger partial charge in [-0.25, -0.2) is 4.98 Å². The van der Waals surface area contributed by atoms with Crippen molar-refractivity contribution < 1.29 is 4.79 Å². The van der Waals surface area contributed by atoms with Gasteiger partial charge < -0.3 is 11.1 Å². The third-order valence-electron chi connectivity index (χ3n) is 4.19. The Bertz CT molecular complexity index is 642. The maximum Gasteiger partial charge on any atom is 0.253 e. The van der Waals surface area contributed by atoms with Gasteiger partial charge in [-0.1, -0.05) is 12.8 Å². The third-order valence-corrected chi connectivity index (χ3v) is 4.19. The summed E-state index contributed by atoms with van der Waals surface area (Å²) in [5.74, 6) is -0.104. The molecule has 2 aromatic rings. The van der Waals surface area contributed by atoms with Crippen LogP contribution in [0.2, 0.25) is 0 Å². The van der Waals surface area contributed by atoms with Gasteiger partial charge >= 0.3 is 0 Å². The Morgan fingerprint density at radius 1 is 1.50 bits per heavy atom. The van der Waals surface area contributed by atoms with E-state index in [0.717, 1.165) is 36.8 Å². The minimum Gasteiger partial charge on any atom is -0.345 e. The standard InChI is InChI=1S/C14H19N5O/c1-9-11-6-10(7-16-12(11)19-18-9)13(20)17-14(8-15)4-2-3-5-14/h6-7H,2-5,8,15H2,1H3,(H,17,20)(H,16,18,19). The highest BCUT2D eigenvalue weighted by molar-refractivity contribution is 5.97. The van der Waals surface area contributed by atoms with Crippen LogP contribution in [0.25, 0.3) is 11.0 Å². The van der Waals surface area contributed by atoms with Gasteiger partial charge in [0, 0.05) is 23.8 Å². The van der Waals surface area contributed by atoms with E-state index in [4.69, 9.17) is 5.73 Å². The smallest absolute Gasteiger partial charge is 0.253 e. The summed E-state index contributed by atoms with van der Waals surface area (Å²) in [5.41, 5.74) is 7.71. The summed E-state index contributed by atoms with van der Waals surface area (Å²) in [6, 6.07) is 1.83. The molecule has 1 aliphatic rings. The maximum atomic E-state index is 12.4. The first-order valence-electron chi connectivity index (χ1n) is 6.97. The predicted octanol–water partition coefficient (Wildman–Crippen LogP) is 1.27. The summed E-state index contributed by atoms with van der Waals surface area (Å²) in [7, 11) is 0. The van der Waals surface area contributed by atoms with E-state index in [1.807, 2.05) is 13.0 Å². The SMILES string of the molecule is Cc1[nH]nc2ncc(C(=O)NC3(CN)CCCC3)cc12. The normalized spacial score (nSPS) is 17.5. The van der Waals surface area contributed by atoms with Crippen LogP contribution in [-0.2, 0) is 0 Å². The van der Waals surface area contributed by atoms with Gasteiger partial charge in [-0.3, -0.25) is 9.89 Å². The van der Waals surface area contributed by atoms with Crippen molar-refractivity contribution in [1.82, 2.24) is 20.5 Å². The first kappa shape index (κ1) is 13.1. The zero-order valence-electron chi connectivity index (χ0n) is 11.6. The van der Waals surface area contributed by atoms with Crippen molar-refractivity contribution in [3.63, 3.8) is 0 Å². The van der Waals surface area contributed by atoms with Crippen molar-refractivity contribution in [1.29, 1.82) is 0 Å². The number of fused-ring (bicyclic) bond motifs is 1. The van der Waals surface area contributed by atoms with E-state index in [9.17, 15) is 4.79 Å². The molecule has 1 saturated carbocycles. The van der Waals surface area contributed by atoms with Crippen molar-refractivity contribution in [2.45, 2.75) is 38.1 Å². The summed E-state index contributed by atoms with van der Waals surface area (Å²) in [4.78, 5) is 16.6. The summed E-state index contributed by atoms with van der Waals surface area (Å²) in [5, 5.41) is 10.9. The van der Waals surface area contributed by atoms with Crippen molar-refractivity contribution in [2.75, 3.05) is 6.54 Å². The number of rotatable bonds is 3. The number of aromatic amines is 1. The molecule has 1 fully saturated rings. The van der Waals surface area contributed by atoms with Crippen LogP contribution in [0.5, 0.6) is 0 Å². The molecule has 0 unspecified atom stereocenters. The molecule has 2 heterocycles. The lowest BCUT2D eigenvalue weighted by Gasteiger charge is -2.28. The number of amides is 1. The van der Waals surface area contributed by atoms with E-state index < -0.39 is 0 Å². The highest BCUT2D eigenvalue weighted by atomic mass is 16.1. The van der Waals surface area contributed by atoms with Crippen LogP contribution < -0.4 is 11.1 Å². The minimum atomic E-state index is -0.239. The molecule has 3 rings (SSSR count). The molecule has 6 nitrogen and oxygen atoms in total. The molecular formula is C14H19N5O. The monoisotopic (exact) mass is 273 g/mol. The first-order chi connectivity index (χ1) is 9.63. The number of nitrogens with two attached hydrogens (primary N) is 1. The zero-order chi connectivity index (χ0) is 14.2. The molecule has 20 heavy (non-hydrogen) atoms. The Morgan fingerprint density at radius 3 is 2.95 bits per heavy atom. The van der Waals surface area contributed by atoms with Crippen molar-refractivity contribution in [3.05, 3.63) is 23.5 Å². The molecule has 106 valence electrons. The molecule has 0 bridgehead atoms. The number of pyridine rings is 1. The van der Waals surface area contributed by atoms with Crippen molar-refractivity contribution in [3.8, 4) is 0 Å². The van der Waals surface area contributed by atoms with Gasteiger partial charge in [0.05, 0.1) is 11.1 Å². The zero-order valence-corrected chi connectivity index (χ0v) is 11.6. The number of nitrogens with zero attached hydrogens (tertiary/aromatic N) is 2. The Morgan fingerprint density at radius 2 is 2.25 bits per heavy atom. The summed E-state index contributed by atoms with van der Waals surface area (Å²) < 4.78 is 0. The lowest BCUT2D eigenvalue weighted by Crippen LogP contribution is -2.51. The van der Waals surface area contributed by atoms with Crippen LogP contribution in [-0.4, -0.2) is 33.2 Å². The van der Waals surface area contributed by atoms with Gasteiger partial charge in [-0.2, -0.15) is 5.10 Å². The van der Waals surface area contributed by atoms with Crippen LogP contribution >= 0.6 is 0 Å². The molecule has 2 aromatic heterocycles. The molecule has 4 N–H and O–H groups in total. The number of H-pyrrole nitrogens is 1. The van der Waals surface area contributed by atoms with E-state index in [2.05, 4.69) is 20.5 Å². The van der Waals surface area contributed by atoms with Crippen molar-refractivity contribution in [2.24, 2.45) is 5.73 Å². The number of aryl methyl sites for hydroxylation is 1.